The van der Waals surface area contributed by atoms with E-state index in [0.717, 1.165) is 0 Å². The predicted molar refractivity (Wildman–Crippen MR) is 122 cm³/mol. The zero-order valence-corrected chi connectivity index (χ0v) is 19.7. The van der Waals surface area contributed by atoms with E-state index in [1.165, 1.54) is 36.4 Å². The fourth-order valence-corrected chi connectivity index (χ4v) is 1.72. The molecule has 0 saturated carbocycles. The number of carbonyl (C=O) groups excluding carboxylic acids is 3. The molecule has 0 aliphatic heterocycles. The summed E-state index contributed by atoms with van der Waals surface area (Å²) in [7, 11) is 0. The Bertz CT molecular complexity index is 757. The molecule has 0 saturated heterocycles. The first-order valence-corrected chi connectivity index (χ1v) is 7.71. The number of hydrogen-bond acceptors (Lipinski definition) is 12. The number of rotatable bonds is 3. The van der Waals surface area contributed by atoms with Gasteiger partial charge in [-0.15, -0.1) is 0 Å². The second kappa shape index (κ2) is 27.4. The second-order valence-corrected chi connectivity index (χ2v) is 4.96. The summed E-state index contributed by atoms with van der Waals surface area (Å²) in [6, 6.07) is 24.2. The van der Waals surface area contributed by atoms with Crippen molar-refractivity contribution in [3.8, 4) is 0 Å². The van der Waals surface area contributed by atoms with E-state index in [9.17, 15) is 29.7 Å². The van der Waals surface area contributed by atoms with Crippen LogP contribution in [-0.4, -0.2) is 17.9 Å². The first-order valence-electron chi connectivity index (χ1n) is 7.71. The van der Waals surface area contributed by atoms with Gasteiger partial charge in [0.1, 0.15) is 0 Å². The normalized spacial score (nSPS) is 7.06. The summed E-state index contributed by atoms with van der Waals surface area (Å²) in [6.07, 6.45) is 0. The molecule has 0 aliphatic rings. The molecule has 0 unspecified atom stereocenters. The second-order valence-electron chi connectivity index (χ2n) is 4.96. The van der Waals surface area contributed by atoms with Gasteiger partial charge in [0.2, 0.25) is 0 Å². The number of carbonyl (C=O) groups is 3. The summed E-state index contributed by atoms with van der Waals surface area (Å²) >= 11 is 0. The van der Waals surface area contributed by atoms with Crippen molar-refractivity contribution in [3.63, 3.8) is 0 Å². The Kier molecular flexibility index (Phi) is 38.6. The maximum atomic E-state index is 10.1. The Labute approximate surface area is 209 Å². The quantitative estimate of drug-likeness (QED) is 0.280. The first-order chi connectivity index (χ1) is 12.9. The van der Waals surface area contributed by atoms with Crippen LogP contribution in [0.15, 0.2) is 91.0 Å². The van der Waals surface area contributed by atoms with Gasteiger partial charge < -0.3 is 66.6 Å². The third-order valence-corrected chi connectivity index (χ3v) is 3.03. The summed E-state index contributed by atoms with van der Waals surface area (Å²) in [5, 5.41) is 30.3. The molecule has 3 rings (SSSR count). The molecule has 0 bridgehead atoms. The Balaban J connectivity index is -0.0000000583. The van der Waals surface area contributed by atoms with Crippen molar-refractivity contribution < 1.29 is 46.5 Å². The third kappa shape index (κ3) is 20.3. The molecule has 13 heteroatoms. The van der Waals surface area contributed by atoms with Gasteiger partial charge >= 0.3 is 16.8 Å². The summed E-state index contributed by atoms with van der Waals surface area (Å²) in [6.45, 7) is 0. The number of benzene rings is 3. The van der Waals surface area contributed by atoms with Crippen LogP contribution < -0.4 is 52.2 Å². The molecule has 0 spiro atoms. The number of carboxylic acids is 3. The van der Waals surface area contributed by atoms with Gasteiger partial charge in [-0.2, -0.15) is 0 Å². The molecule has 0 aromatic heterocycles. The first kappa shape index (κ1) is 47.9. The third-order valence-electron chi connectivity index (χ3n) is 3.03. The van der Waals surface area contributed by atoms with Crippen LogP contribution in [0.2, 0.25) is 0 Å². The molecular formula is C21H33CoN6O6. The molecule has 0 atom stereocenters. The van der Waals surface area contributed by atoms with Gasteiger partial charge in [-0.1, -0.05) is 91.0 Å². The van der Waals surface area contributed by atoms with Crippen molar-refractivity contribution in [2.75, 3.05) is 0 Å². The van der Waals surface area contributed by atoms with Crippen LogP contribution in [0.4, 0.5) is 0 Å². The van der Waals surface area contributed by atoms with Crippen LogP contribution in [-0.2, 0) is 16.8 Å². The zero-order chi connectivity index (χ0) is 20.1. The molecule has 0 radical (unpaired) electrons. The van der Waals surface area contributed by atoms with Crippen LogP contribution in [0, 0.1) is 0 Å². The Morgan fingerprint density at radius 2 is 0.529 bits per heavy atom. The molecule has 0 heterocycles. The molecule has 34 heavy (non-hydrogen) atoms. The van der Waals surface area contributed by atoms with Gasteiger partial charge in [-0.3, -0.25) is 0 Å². The Morgan fingerprint density at radius 3 is 0.618 bits per heavy atom. The summed E-state index contributed by atoms with van der Waals surface area (Å²) in [4.78, 5) is 30.3. The van der Waals surface area contributed by atoms with Crippen molar-refractivity contribution in [3.05, 3.63) is 108 Å². The average Bonchev–Trinajstić information content (AvgIpc) is 2.71. The minimum absolute atomic E-state index is 0. The van der Waals surface area contributed by atoms with E-state index in [1.54, 1.807) is 54.6 Å². The molecule has 0 amide bonds. The fraction of sp³-hybridized carbons (Fsp3) is 0. The zero-order valence-electron chi connectivity index (χ0n) is 18.7. The van der Waals surface area contributed by atoms with Gasteiger partial charge in [0.05, 0.1) is 17.9 Å². The smallest absolute Gasteiger partial charge is 0.545 e. The van der Waals surface area contributed by atoms with Crippen LogP contribution in [0.25, 0.3) is 0 Å². The van der Waals surface area contributed by atoms with Crippen molar-refractivity contribution in [2.45, 2.75) is 0 Å². The molecule has 3 aromatic carbocycles. The minimum atomic E-state index is -1.13. The Hall–Kier alpha value is -3.66. The number of aromatic carboxylic acids is 3. The van der Waals surface area contributed by atoms with E-state index in [2.05, 4.69) is 0 Å². The fourth-order valence-electron chi connectivity index (χ4n) is 1.72. The molecule has 0 aliphatic carbocycles. The van der Waals surface area contributed by atoms with E-state index in [0.29, 0.717) is 0 Å². The molecule has 192 valence electrons. The largest absolute Gasteiger partial charge is 3.00 e. The van der Waals surface area contributed by atoms with Crippen LogP contribution in [0.5, 0.6) is 0 Å². The van der Waals surface area contributed by atoms with E-state index >= 15 is 0 Å². The van der Waals surface area contributed by atoms with E-state index in [1.807, 2.05) is 0 Å². The molecule has 3 aromatic rings. The number of carboxylic acid groups (broad SMARTS) is 3. The van der Waals surface area contributed by atoms with Crippen molar-refractivity contribution >= 4 is 17.9 Å². The SMILES string of the molecule is N.N.N.N.N.N.O=C([O-])c1ccccc1.O=C([O-])c1ccccc1.O=C([O-])c1ccccc1.[Co+3]. The van der Waals surface area contributed by atoms with Gasteiger partial charge in [0.15, 0.2) is 0 Å². The summed E-state index contributed by atoms with van der Waals surface area (Å²) in [5.41, 5.74) is 0.660. The molecule has 12 nitrogen and oxygen atoms in total. The van der Waals surface area contributed by atoms with Gasteiger partial charge in [0, 0.05) is 0 Å². The van der Waals surface area contributed by atoms with Crippen molar-refractivity contribution in [2.24, 2.45) is 0 Å². The monoisotopic (exact) mass is 524 g/mol. The minimum Gasteiger partial charge on any atom is -0.545 e. The predicted octanol–water partition coefficient (Wildman–Crippen LogP) is 1.12. The maximum absolute atomic E-state index is 10.1. The standard InChI is InChI=1S/3C7H6O2.Co.6H3N/c3*8-7(9)6-4-2-1-3-5-6;;;;;;;/h3*1-5H,(H,8,9);;6*1H3/q;;;+3;;;;;;/p-3. The van der Waals surface area contributed by atoms with E-state index < -0.39 is 17.9 Å². The van der Waals surface area contributed by atoms with Crippen molar-refractivity contribution in [1.82, 2.24) is 36.9 Å². The summed E-state index contributed by atoms with van der Waals surface area (Å²) in [5.74, 6) is -3.39. The summed E-state index contributed by atoms with van der Waals surface area (Å²) < 4.78 is 0. The Morgan fingerprint density at radius 1 is 0.382 bits per heavy atom. The van der Waals surface area contributed by atoms with Gasteiger partial charge in [-0.25, -0.2) is 0 Å². The maximum Gasteiger partial charge on any atom is 3.00 e. The van der Waals surface area contributed by atoms with Gasteiger partial charge in [-0.05, 0) is 16.7 Å². The molecule has 18 N–H and O–H groups in total. The van der Waals surface area contributed by atoms with Crippen LogP contribution in [0.3, 0.4) is 0 Å². The van der Waals surface area contributed by atoms with E-state index in [-0.39, 0.29) is 70.4 Å². The molecular weight excluding hydrogens is 491 g/mol. The number of hydrogen-bond donors (Lipinski definition) is 6. The molecule has 0 fully saturated rings. The van der Waals surface area contributed by atoms with Gasteiger partial charge in [0.25, 0.3) is 0 Å². The van der Waals surface area contributed by atoms with Crippen LogP contribution in [0.1, 0.15) is 31.1 Å². The van der Waals surface area contributed by atoms with E-state index in [4.69, 9.17) is 0 Å². The van der Waals surface area contributed by atoms with Crippen molar-refractivity contribution in [1.29, 1.82) is 0 Å². The average molecular weight is 524 g/mol. The van der Waals surface area contributed by atoms with Crippen LogP contribution >= 0.6 is 0 Å². The topological polar surface area (TPSA) is 330 Å².